The fraction of sp³-hybridized carbons (Fsp3) is 0.833. The van der Waals surface area contributed by atoms with Crippen molar-refractivity contribution in [1.29, 1.82) is 0 Å². The number of hydrogen-bond acceptors (Lipinski definition) is 6. The molecule has 0 bridgehead atoms. The van der Waals surface area contributed by atoms with Crippen molar-refractivity contribution in [3.63, 3.8) is 0 Å². The fourth-order valence-electron chi connectivity index (χ4n) is 1.84. The average molecular weight is 254 g/mol. The van der Waals surface area contributed by atoms with Gasteiger partial charge in [0.25, 0.3) is 0 Å². The van der Waals surface area contributed by atoms with Crippen LogP contribution in [0.1, 0.15) is 26.2 Å². The maximum atomic E-state index is 5.49. The maximum Gasteiger partial charge on any atom is 0.315 e. The third kappa shape index (κ3) is 4.27. The predicted octanol–water partition coefficient (Wildman–Crippen LogP) is 1.26. The van der Waals surface area contributed by atoms with Gasteiger partial charge in [0.1, 0.15) is 0 Å². The van der Waals surface area contributed by atoms with Crippen LogP contribution in [0, 0.1) is 11.8 Å². The first kappa shape index (κ1) is 13.3. The van der Waals surface area contributed by atoms with Crippen LogP contribution in [0.2, 0.25) is 0 Å². The molecular formula is C12H22N4O2. The van der Waals surface area contributed by atoms with Crippen molar-refractivity contribution in [3.8, 4) is 0 Å². The first-order chi connectivity index (χ1) is 8.74. The Bertz CT molecular complexity index is 348. The summed E-state index contributed by atoms with van der Waals surface area (Å²) < 4.78 is 10.8. The van der Waals surface area contributed by atoms with Gasteiger partial charge in [-0.05, 0) is 18.9 Å². The monoisotopic (exact) mass is 254 g/mol. The minimum Gasteiger partial charge on any atom is -0.407 e. The largest absolute Gasteiger partial charge is 0.407 e. The van der Waals surface area contributed by atoms with E-state index in [1.807, 2.05) is 0 Å². The van der Waals surface area contributed by atoms with Gasteiger partial charge in [-0.1, -0.05) is 18.9 Å². The van der Waals surface area contributed by atoms with Gasteiger partial charge in [-0.3, -0.25) is 0 Å². The highest BCUT2D eigenvalue weighted by molar-refractivity contribution is 5.16. The topological polar surface area (TPSA) is 72.2 Å². The molecule has 6 nitrogen and oxygen atoms in total. The number of anilines is 1. The molecule has 1 saturated heterocycles. The number of rotatable bonds is 7. The van der Waals surface area contributed by atoms with Gasteiger partial charge >= 0.3 is 6.01 Å². The molecule has 0 aliphatic carbocycles. The lowest BCUT2D eigenvalue weighted by Gasteiger charge is -2.06. The van der Waals surface area contributed by atoms with Crippen molar-refractivity contribution in [2.75, 3.05) is 31.6 Å². The number of aromatic nitrogens is 2. The number of hydrogen-bond donors (Lipinski definition) is 2. The Kier molecular flexibility index (Phi) is 4.95. The molecule has 2 heterocycles. The summed E-state index contributed by atoms with van der Waals surface area (Å²) in [6.07, 6.45) is 1.10. The third-order valence-electron chi connectivity index (χ3n) is 2.86. The first-order valence-electron chi connectivity index (χ1n) is 6.58. The molecule has 1 fully saturated rings. The first-order valence-corrected chi connectivity index (χ1v) is 6.58. The van der Waals surface area contributed by atoms with Crippen LogP contribution in [-0.4, -0.2) is 36.5 Å². The number of nitrogens with one attached hydrogen (secondary N) is 2. The molecule has 0 saturated carbocycles. The van der Waals surface area contributed by atoms with Crippen LogP contribution < -0.4 is 10.6 Å². The predicted molar refractivity (Wildman–Crippen MR) is 68.3 cm³/mol. The van der Waals surface area contributed by atoms with Gasteiger partial charge < -0.3 is 19.8 Å². The van der Waals surface area contributed by atoms with Crippen LogP contribution in [0.5, 0.6) is 0 Å². The highest BCUT2D eigenvalue weighted by atomic mass is 16.5. The van der Waals surface area contributed by atoms with Crippen molar-refractivity contribution in [2.24, 2.45) is 11.8 Å². The molecule has 102 valence electrons. The summed E-state index contributed by atoms with van der Waals surface area (Å²) in [6.45, 7) is 8.42. The molecule has 1 aliphatic rings. The summed E-state index contributed by atoms with van der Waals surface area (Å²) in [5.41, 5.74) is 0. The smallest absolute Gasteiger partial charge is 0.315 e. The summed E-state index contributed by atoms with van der Waals surface area (Å²) >= 11 is 0. The normalized spacial score (nSPS) is 19.6. The van der Waals surface area contributed by atoms with Crippen molar-refractivity contribution in [2.45, 2.75) is 26.8 Å². The molecule has 2 rings (SSSR count). The van der Waals surface area contributed by atoms with Gasteiger partial charge in [0, 0.05) is 19.1 Å². The summed E-state index contributed by atoms with van der Waals surface area (Å²) in [6, 6.07) is 0.503. The molecule has 2 N–H and O–H groups in total. The van der Waals surface area contributed by atoms with E-state index in [1.165, 1.54) is 0 Å². The summed E-state index contributed by atoms with van der Waals surface area (Å²) in [5.74, 6) is 1.80. The Labute approximate surface area is 107 Å². The Hall–Kier alpha value is -1.14. The van der Waals surface area contributed by atoms with Crippen molar-refractivity contribution in [1.82, 2.24) is 15.5 Å². The zero-order valence-corrected chi connectivity index (χ0v) is 11.1. The van der Waals surface area contributed by atoms with Crippen LogP contribution in [0.15, 0.2) is 4.42 Å². The molecule has 1 aliphatic heterocycles. The van der Waals surface area contributed by atoms with Crippen molar-refractivity contribution < 1.29 is 9.15 Å². The molecule has 0 spiro atoms. The van der Waals surface area contributed by atoms with Gasteiger partial charge in [-0.2, -0.15) is 0 Å². The van der Waals surface area contributed by atoms with E-state index in [2.05, 4.69) is 34.7 Å². The average Bonchev–Trinajstić information content (AvgIpc) is 2.96. The molecule has 18 heavy (non-hydrogen) atoms. The Balaban J connectivity index is 1.68. The van der Waals surface area contributed by atoms with Crippen LogP contribution in [-0.2, 0) is 11.3 Å². The van der Waals surface area contributed by atoms with E-state index in [0.29, 0.717) is 30.3 Å². The lowest BCUT2D eigenvalue weighted by molar-refractivity contribution is 0.187. The van der Waals surface area contributed by atoms with E-state index < -0.39 is 0 Å². The maximum absolute atomic E-state index is 5.49. The Morgan fingerprint density at radius 1 is 1.39 bits per heavy atom. The van der Waals surface area contributed by atoms with E-state index in [0.717, 1.165) is 32.7 Å². The lowest BCUT2D eigenvalue weighted by atomic mass is 10.1. The van der Waals surface area contributed by atoms with Crippen molar-refractivity contribution in [3.05, 3.63) is 5.89 Å². The highest BCUT2D eigenvalue weighted by Gasteiger charge is 2.16. The molecule has 0 aromatic carbocycles. The quantitative estimate of drug-likeness (QED) is 0.763. The van der Waals surface area contributed by atoms with E-state index in [-0.39, 0.29) is 0 Å². The van der Waals surface area contributed by atoms with Gasteiger partial charge in [0.15, 0.2) is 0 Å². The summed E-state index contributed by atoms with van der Waals surface area (Å²) in [7, 11) is 0. The Morgan fingerprint density at radius 2 is 2.28 bits per heavy atom. The highest BCUT2D eigenvalue weighted by Crippen LogP contribution is 2.13. The molecule has 1 aromatic rings. The van der Waals surface area contributed by atoms with Gasteiger partial charge in [0.2, 0.25) is 5.89 Å². The second-order valence-corrected chi connectivity index (χ2v) is 5.14. The molecule has 1 unspecified atom stereocenters. The van der Waals surface area contributed by atoms with E-state index in [9.17, 15) is 0 Å². The van der Waals surface area contributed by atoms with Crippen molar-refractivity contribution >= 4 is 6.01 Å². The van der Waals surface area contributed by atoms with E-state index in [4.69, 9.17) is 9.15 Å². The van der Waals surface area contributed by atoms with Gasteiger partial charge in [0.05, 0.1) is 13.2 Å². The number of nitrogens with zero attached hydrogens (tertiary/aromatic N) is 2. The minimum atomic E-state index is 0.503. The SMILES string of the molecule is CC(C)CNCc1nnc(NCC2CCOC2)o1. The van der Waals surface area contributed by atoms with E-state index in [1.54, 1.807) is 0 Å². The van der Waals surface area contributed by atoms with Gasteiger partial charge in [-0.25, -0.2) is 0 Å². The summed E-state index contributed by atoms with van der Waals surface area (Å²) in [5, 5.41) is 14.4. The van der Waals surface area contributed by atoms with Gasteiger partial charge in [-0.15, -0.1) is 5.10 Å². The van der Waals surface area contributed by atoms with E-state index >= 15 is 0 Å². The molecular weight excluding hydrogens is 232 g/mol. The molecule has 1 aromatic heterocycles. The zero-order valence-electron chi connectivity index (χ0n) is 11.1. The Morgan fingerprint density at radius 3 is 3.00 bits per heavy atom. The fourth-order valence-corrected chi connectivity index (χ4v) is 1.84. The zero-order chi connectivity index (χ0) is 12.8. The third-order valence-corrected chi connectivity index (χ3v) is 2.86. The molecule has 6 heteroatoms. The molecule has 0 amide bonds. The molecule has 0 radical (unpaired) electrons. The summed E-state index contributed by atoms with van der Waals surface area (Å²) in [4.78, 5) is 0. The molecule has 1 atom stereocenters. The standard InChI is InChI=1S/C12H22N4O2/c1-9(2)5-13-7-11-15-16-12(18-11)14-6-10-3-4-17-8-10/h9-10,13H,3-8H2,1-2H3,(H,14,16). The van der Waals surface area contributed by atoms with Crippen LogP contribution in [0.25, 0.3) is 0 Å². The van der Waals surface area contributed by atoms with Crippen LogP contribution in [0.3, 0.4) is 0 Å². The minimum absolute atomic E-state index is 0.503. The van der Waals surface area contributed by atoms with Crippen LogP contribution >= 0.6 is 0 Å². The lowest BCUT2D eigenvalue weighted by Crippen LogP contribution is -2.19. The number of ether oxygens (including phenoxy) is 1. The second kappa shape index (κ2) is 6.70. The van der Waals surface area contributed by atoms with Crippen LogP contribution in [0.4, 0.5) is 6.01 Å². The second-order valence-electron chi connectivity index (χ2n) is 5.14.